The average Bonchev–Trinajstić information content (AvgIpc) is 1.90. The first-order valence-corrected chi connectivity index (χ1v) is 7.50. The predicted octanol–water partition coefficient (Wildman–Crippen LogP) is 1.05. The molecule has 48 valence electrons. The van der Waals surface area contributed by atoms with Crippen LogP contribution in [0.25, 0.3) is 0 Å². The van der Waals surface area contributed by atoms with Crippen LogP contribution in [-0.4, -0.2) is 18.4 Å². The van der Waals surface area contributed by atoms with Gasteiger partial charge in [-0.1, -0.05) is 0 Å². The van der Waals surface area contributed by atoms with Crippen molar-refractivity contribution in [3.05, 3.63) is 30.3 Å². The summed E-state index contributed by atoms with van der Waals surface area (Å²) >= 11 is -2.57. The van der Waals surface area contributed by atoms with E-state index in [9.17, 15) is 3.10 Å². The Balaban J connectivity index is 2.98. The summed E-state index contributed by atoms with van der Waals surface area (Å²) in [6, 6.07) is 9.13. The van der Waals surface area contributed by atoms with Crippen molar-refractivity contribution in [3.63, 3.8) is 0 Å². The van der Waals surface area contributed by atoms with Gasteiger partial charge in [-0.25, -0.2) is 0 Å². The molecule has 0 amide bonds. The molecule has 0 heterocycles. The van der Waals surface area contributed by atoms with E-state index in [-0.39, 0.29) is 0 Å². The molecule has 1 aromatic carbocycles. The predicted molar refractivity (Wildman–Crippen MR) is 38.4 cm³/mol. The number of hydrogen-bond acceptors (Lipinski definition) is 1. The Hall–Kier alpha value is 0.0996. The summed E-state index contributed by atoms with van der Waals surface area (Å²) in [4.78, 5) is 0. The van der Waals surface area contributed by atoms with Gasteiger partial charge in [0.05, 0.1) is 0 Å². The van der Waals surface area contributed by atoms with Gasteiger partial charge in [-0.3, -0.25) is 0 Å². The Morgan fingerprint density at radius 1 is 1.22 bits per heavy atom. The molecule has 1 nitrogen and oxygen atoms in total. The van der Waals surface area contributed by atoms with Crippen molar-refractivity contribution in [2.24, 2.45) is 0 Å². The van der Waals surface area contributed by atoms with Crippen molar-refractivity contribution in [1.29, 1.82) is 0 Å². The van der Waals surface area contributed by atoms with Gasteiger partial charge in [0.1, 0.15) is 0 Å². The summed E-state index contributed by atoms with van der Waals surface area (Å²) in [5.41, 5.74) is 0. The van der Waals surface area contributed by atoms with Crippen LogP contribution in [0.5, 0.6) is 0 Å². The van der Waals surface area contributed by atoms with E-state index >= 15 is 0 Å². The molecular formula is C6H5ClOTe. The van der Waals surface area contributed by atoms with Crippen LogP contribution >= 0.6 is 8.96 Å². The second-order valence-electron chi connectivity index (χ2n) is 1.54. The molecule has 0 fully saturated rings. The standard InChI is InChI=1S/C6H5ClOTe/c7-9(8)6-4-2-1-3-5-6/h1-5H. The Kier molecular flexibility index (Phi) is 2.65. The van der Waals surface area contributed by atoms with Crippen LogP contribution in [0.2, 0.25) is 0 Å². The summed E-state index contributed by atoms with van der Waals surface area (Å²) in [5, 5.41) is 0. The average molecular weight is 256 g/mol. The molecule has 0 aliphatic rings. The van der Waals surface area contributed by atoms with Crippen LogP contribution < -0.4 is 3.61 Å². The van der Waals surface area contributed by atoms with Crippen molar-refractivity contribution >= 4 is 31.0 Å². The first-order valence-electron chi connectivity index (χ1n) is 2.44. The van der Waals surface area contributed by atoms with E-state index in [2.05, 4.69) is 0 Å². The molecule has 0 spiro atoms. The summed E-state index contributed by atoms with van der Waals surface area (Å²) in [7, 11) is 5.42. The molecule has 0 N–H and O–H groups in total. The molecule has 0 aromatic heterocycles. The van der Waals surface area contributed by atoms with Gasteiger partial charge in [-0.2, -0.15) is 0 Å². The van der Waals surface area contributed by atoms with Crippen molar-refractivity contribution in [3.8, 4) is 0 Å². The first-order chi connectivity index (χ1) is 4.30. The monoisotopic (exact) mass is 258 g/mol. The van der Waals surface area contributed by atoms with Crippen LogP contribution in [0.4, 0.5) is 0 Å². The molecule has 0 atom stereocenters. The van der Waals surface area contributed by atoms with E-state index in [1.54, 1.807) is 12.1 Å². The molecule has 1 aromatic rings. The molecule has 0 bridgehead atoms. The van der Waals surface area contributed by atoms with E-state index in [0.717, 1.165) is 3.61 Å². The van der Waals surface area contributed by atoms with E-state index in [0.29, 0.717) is 0 Å². The number of benzene rings is 1. The van der Waals surface area contributed by atoms with E-state index in [1.165, 1.54) is 0 Å². The van der Waals surface area contributed by atoms with Gasteiger partial charge in [-0.05, 0) is 0 Å². The zero-order valence-electron chi connectivity index (χ0n) is 4.58. The minimum absolute atomic E-state index is 0.794. The van der Waals surface area contributed by atoms with Gasteiger partial charge in [0.25, 0.3) is 0 Å². The first kappa shape index (κ1) is 7.21. The molecule has 0 aliphatic carbocycles. The summed E-state index contributed by atoms with van der Waals surface area (Å²) in [6.07, 6.45) is 0. The van der Waals surface area contributed by atoms with Crippen molar-refractivity contribution in [2.75, 3.05) is 0 Å². The number of hydrogen-bond donors (Lipinski definition) is 0. The summed E-state index contributed by atoms with van der Waals surface area (Å²) in [6.45, 7) is 0. The topological polar surface area (TPSA) is 17.1 Å². The van der Waals surface area contributed by atoms with Gasteiger partial charge in [0, 0.05) is 0 Å². The van der Waals surface area contributed by atoms with Crippen molar-refractivity contribution < 1.29 is 3.10 Å². The maximum atomic E-state index is 10.7. The van der Waals surface area contributed by atoms with Crippen LogP contribution in [0.15, 0.2) is 30.3 Å². The van der Waals surface area contributed by atoms with Gasteiger partial charge in [0.15, 0.2) is 0 Å². The normalized spacial score (nSPS) is 10.0. The summed E-state index contributed by atoms with van der Waals surface area (Å²) < 4.78 is 11.5. The van der Waals surface area contributed by atoms with Crippen LogP contribution in [0.1, 0.15) is 0 Å². The minimum atomic E-state index is -2.57. The van der Waals surface area contributed by atoms with Crippen LogP contribution in [-0.2, 0) is 3.10 Å². The van der Waals surface area contributed by atoms with Crippen LogP contribution in [0, 0.1) is 0 Å². The van der Waals surface area contributed by atoms with E-state index in [1.807, 2.05) is 18.2 Å². The zero-order chi connectivity index (χ0) is 6.69. The Labute approximate surface area is 64.4 Å². The fraction of sp³-hybridized carbons (Fsp3) is 0. The quantitative estimate of drug-likeness (QED) is 0.686. The molecule has 0 saturated heterocycles. The molecule has 9 heavy (non-hydrogen) atoms. The van der Waals surface area contributed by atoms with Gasteiger partial charge in [0.2, 0.25) is 0 Å². The van der Waals surface area contributed by atoms with Crippen LogP contribution in [0.3, 0.4) is 0 Å². The third kappa shape index (κ3) is 2.06. The Bertz CT molecular complexity index is 210. The third-order valence-corrected chi connectivity index (χ3v) is 3.96. The fourth-order valence-electron chi connectivity index (χ4n) is 0.527. The molecule has 0 saturated carbocycles. The molecular weight excluding hydrogens is 251 g/mol. The Morgan fingerprint density at radius 2 is 1.78 bits per heavy atom. The zero-order valence-corrected chi connectivity index (χ0v) is 7.67. The molecule has 0 unspecified atom stereocenters. The van der Waals surface area contributed by atoms with Crippen molar-refractivity contribution in [2.45, 2.75) is 0 Å². The van der Waals surface area contributed by atoms with Crippen molar-refractivity contribution in [1.82, 2.24) is 0 Å². The maximum absolute atomic E-state index is 10.7. The molecule has 1 rings (SSSR count). The molecule has 0 aliphatic heterocycles. The molecule has 3 heteroatoms. The number of rotatable bonds is 1. The van der Waals surface area contributed by atoms with E-state index in [4.69, 9.17) is 8.96 Å². The van der Waals surface area contributed by atoms with E-state index < -0.39 is 18.4 Å². The molecule has 0 radical (unpaired) electrons. The van der Waals surface area contributed by atoms with Gasteiger partial charge in [-0.15, -0.1) is 0 Å². The third-order valence-electron chi connectivity index (χ3n) is 0.929. The SMILES string of the molecule is O=[Te](Cl)c1ccccc1. The second-order valence-corrected chi connectivity index (χ2v) is 6.04. The van der Waals surface area contributed by atoms with Gasteiger partial charge >= 0.3 is 64.4 Å². The summed E-state index contributed by atoms with van der Waals surface area (Å²) in [5.74, 6) is 0. The second kappa shape index (κ2) is 3.31. The number of halogens is 1. The van der Waals surface area contributed by atoms with Gasteiger partial charge < -0.3 is 0 Å². The Morgan fingerprint density at radius 3 is 2.11 bits per heavy atom. The fourth-order valence-corrected chi connectivity index (χ4v) is 2.28.